The summed E-state index contributed by atoms with van der Waals surface area (Å²) in [4.78, 5) is 22.9. The fourth-order valence-electron chi connectivity index (χ4n) is 1.71. The Bertz CT molecular complexity index is 473. The Hall–Kier alpha value is -1.55. The van der Waals surface area contributed by atoms with Gasteiger partial charge in [-0.05, 0) is 31.0 Å². The number of amides is 1. The van der Waals surface area contributed by atoms with Gasteiger partial charge in [0.05, 0.1) is 12.2 Å². The van der Waals surface area contributed by atoms with Crippen molar-refractivity contribution in [1.29, 1.82) is 0 Å². The van der Waals surface area contributed by atoms with Gasteiger partial charge in [0.2, 0.25) is 5.91 Å². The molecule has 0 aliphatic carbocycles. The van der Waals surface area contributed by atoms with Crippen molar-refractivity contribution in [2.45, 2.75) is 18.7 Å². The van der Waals surface area contributed by atoms with E-state index in [-0.39, 0.29) is 5.91 Å². The van der Waals surface area contributed by atoms with E-state index in [4.69, 9.17) is 16.3 Å². The second-order valence-electron chi connectivity index (χ2n) is 3.75. The maximum atomic E-state index is 11.5. The fourth-order valence-corrected chi connectivity index (χ4v) is 1.93. The van der Waals surface area contributed by atoms with Gasteiger partial charge in [-0.3, -0.25) is 4.79 Å². The van der Waals surface area contributed by atoms with Gasteiger partial charge in [-0.2, -0.15) is 0 Å². The minimum absolute atomic E-state index is 0.236. The smallest absolute Gasteiger partial charge is 0.338 e. The maximum Gasteiger partial charge on any atom is 0.338 e. The highest BCUT2D eigenvalue weighted by molar-refractivity contribution is 6.33. The average molecular weight is 254 g/mol. The number of ether oxygens (including phenoxy) is 1. The molecule has 5 heteroatoms. The van der Waals surface area contributed by atoms with Gasteiger partial charge in [0.1, 0.15) is 5.38 Å². The lowest BCUT2D eigenvalue weighted by molar-refractivity contribution is -0.116. The van der Waals surface area contributed by atoms with E-state index in [0.29, 0.717) is 24.3 Å². The van der Waals surface area contributed by atoms with Crippen LogP contribution in [0.3, 0.4) is 0 Å². The SMILES string of the molecule is CCOC(=O)c1ccc2c(c1)NC(=O)C(Cl)C2. The summed E-state index contributed by atoms with van der Waals surface area (Å²) in [6.45, 7) is 2.07. The van der Waals surface area contributed by atoms with Crippen LogP contribution in [0.25, 0.3) is 0 Å². The zero-order valence-corrected chi connectivity index (χ0v) is 10.1. The molecule has 0 aromatic heterocycles. The van der Waals surface area contributed by atoms with E-state index in [2.05, 4.69) is 5.32 Å². The lowest BCUT2D eigenvalue weighted by atomic mass is 10.0. The molecule has 0 saturated heterocycles. The number of carbonyl (C=O) groups is 2. The Morgan fingerprint density at radius 1 is 1.59 bits per heavy atom. The summed E-state index contributed by atoms with van der Waals surface area (Å²) < 4.78 is 4.89. The number of benzene rings is 1. The Morgan fingerprint density at radius 3 is 3.06 bits per heavy atom. The normalized spacial score (nSPS) is 18.2. The molecule has 1 aliphatic heterocycles. The van der Waals surface area contributed by atoms with Gasteiger partial charge in [0.15, 0.2) is 0 Å². The molecule has 1 N–H and O–H groups in total. The molecule has 17 heavy (non-hydrogen) atoms. The van der Waals surface area contributed by atoms with Crippen molar-refractivity contribution in [3.63, 3.8) is 0 Å². The molecule has 0 radical (unpaired) electrons. The van der Waals surface area contributed by atoms with E-state index in [9.17, 15) is 9.59 Å². The lowest BCUT2D eigenvalue weighted by Crippen LogP contribution is -2.30. The molecule has 0 fully saturated rings. The molecule has 1 aromatic carbocycles. The van der Waals surface area contributed by atoms with Crippen molar-refractivity contribution in [3.05, 3.63) is 29.3 Å². The van der Waals surface area contributed by atoms with Crippen molar-refractivity contribution in [1.82, 2.24) is 0 Å². The average Bonchev–Trinajstić information content (AvgIpc) is 2.30. The highest BCUT2D eigenvalue weighted by Crippen LogP contribution is 2.26. The molecule has 1 unspecified atom stereocenters. The third kappa shape index (κ3) is 2.42. The van der Waals surface area contributed by atoms with E-state index in [0.717, 1.165) is 5.56 Å². The van der Waals surface area contributed by atoms with Crippen LogP contribution in [0.1, 0.15) is 22.8 Å². The first-order valence-corrected chi connectivity index (χ1v) is 5.80. The zero-order chi connectivity index (χ0) is 12.4. The summed E-state index contributed by atoms with van der Waals surface area (Å²) in [7, 11) is 0. The molecule has 1 aliphatic rings. The zero-order valence-electron chi connectivity index (χ0n) is 9.33. The summed E-state index contributed by atoms with van der Waals surface area (Å²) in [5.41, 5.74) is 1.99. The molecule has 1 heterocycles. The van der Waals surface area contributed by atoms with Crippen LogP contribution in [0.15, 0.2) is 18.2 Å². The Labute approximate surface area is 104 Å². The molecule has 4 nitrogen and oxygen atoms in total. The Kier molecular flexibility index (Phi) is 3.33. The van der Waals surface area contributed by atoms with Gasteiger partial charge in [0.25, 0.3) is 0 Å². The van der Waals surface area contributed by atoms with Crippen molar-refractivity contribution < 1.29 is 14.3 Å². The Morgan fingerprint density at radius 2 is 2.35 bits per heavy atom. The van der Waals surface area contributed by atoms with Crippen molar-refractivity contribution in [2.75, 3.05) is 11.9 Å². The number of carbonyl (C=O) groups excluding carboxylic acids is 2. The van der Waals surface area contributed by atoms with E-state index in [1.54, 1.807) is 25.1 Å². The number of rotatable bonds is 2. The third-order valence-corrected chi connectivity index (χ3v) is 2.91. The first-order valence-electron chi connectivity index (χ1n) is 5.36. The minimum Gasteiger partial charge on any atom is -0.462 e. The van der Waals surface area contributed by atoms with Crippen LogP contribution >= 0.6 is 11.6 Å². The molecule has 0 spiro atoms. The van der Waals surface area contributed by atoms with Crippen LogP contribution < -0.4 is 5.32 Å². The van der Waals surface area contributed by atoms with Crippen LogP contribution in [-0.2, 0) is 16.0 Å². The van der Waals surface area contributed by atoms with Crippen LogP contribution in [0.5, 0.6) is 0 Å². The Balaban J connectivity index is 2.28. The predicted octanol–water partition coefficient (Wildman–Crippen LogP) is 1.97. The highest BCUT2D eigenvalue weighted by atomic mass is 35.5. The van der Waals surface area contributed by atoms with Gasteiger partial charge in [0, 0.05) is 5.69 Å². The molecule has 1 amide bonds. The molecule has 1 aromatic rings. The quantitative estimate of drug-likeness (QED) is 0.648. The summed E-state index contributed by atoms with van der Waals surface area (Å²) in [5.74, 6) is -0.627. The van der Waals surface area contributed by atoms with E-state index in [1.165, 1.54) is 0 Å². The molecule has 1 atom stereocenters. The van der Waals surface area contributed by atoms with Crippen LogP contribution in [0.4, 0.5) is 5.69 Å². The topological polar surface area (TPSA) is 55.4 Å². The number of nitrogens with one attached hydrogen (secondary N) is 1. The van der Waals surface area contributed by atoms with Gasteiger partial charge < -0.3 is 10.1 Å². The highest BCUT2D eigenvalue weighted by Gasteiger charge is 2.24. The van der Waals surface area contributed by atoms with Crippen LogP contribution in [0, 0.1) is 0 Å². The molecule has 0 bridgehead atoms. The van der Waals surface area contributed by atoms with Gasteiger partial charge >= 0.3 is 5.97 Å². The van der Waals surface area contributed by atoms with Crippen LogP contribution in [0.2, 0.25) is 0 Å². The number of halogens is 1. The molecular formula is C12H12ClNO3. The van der Waals surface area contributed by atoms with E-state index >= 15 is 0 Å². The first-order chi connectivity index (χ1) is 8.11. The number of fused-ring (bicyclic) bond motifs is 1. The third-order valence-electron chi connectivity index (χ3n) is 2.56. The number of esters is 1. The minimum atomic E-state index is -0.545. The second-order valence-corrected chi connectivity index (χ2v) is 4.28. The fraction of sp³-hybridized carbons (Fsp3) is 0.333. The van der Waals surface area contributed by atoms with Crippen LogP contribution in [-0.4, -0.2) is 23.9 Å². The number of anilines is 1. The lowest BCUT2D eigenvalue weighted by Gasteiger charge is -2.20. The summed E-state index contributed by atoms with van der Waals surface area (Å²) in [6, 6.07) is 5.09. The van der Waals surface area contributed by atoms with Crippen molar-refractivity contribution in [3.8, 4) is 0 Å². The van der Waals surface area contributed by atoms with E-state index < -0.39 is 11.3 Å². The monoisotopic (exact) mass is 253 g/mol. The largest absolute Gasteiger partial charge is 0.462 e. The van der Waals surface area contributed by atoms with Gasteiger partial charge in [-0.1, -0.05) is 6.07 Å². The van der Waals surface area contributed by atoms with Gasteiger partial charge in [-0.25, -0.2) is 4.79 Å². The van der Waals surface area contributed by atoms with E-state index in [1.807, 2.05) is 0 Å². The summed E-state index contributed by atoms with van der Waals surface area (Å²) in [6.07, 6.45) is 0.478. The maximum absolute atomic E-state index is 11.5. The summed E-state index contributed by atoms with van der Waals surface area (Å²) in [5, 5.41) is 2.12. The second kappa shape index (κ2) is 4.75. The molecular weight excluding hydrogens is 242 g/mol. The van der Waals surface area contributed by atoms with Crippen molar-refractivity contribution in [2.24, 2.45) is 0 Å². The standard InChI is InChI=1S/C12H12ClNO3/c1-2-17-12(16)8-4-3-7-5-9(13)11(15)14-10(7)6-8/h3-4,6,9H,2,5H2,1H3,(H,14,15). The molecule has 0 saturated carbocycles. The summed E-state index contributed by atoms with van der Waals surface area (Å²) >= 11 is 5.84. The number of hydrogen-bond donors (Lipinski definition) is 1. The van der Waals surface area contributed by atoms with Gasteiger partial charge in [-0.15, -0.1) is 11.6 Å². The molecule has 2 rings (SSSR count). The molecule has 90 valence electrons. The predicted molar refractivity (Wildman–Crippen MR) is 64.4 cm³/mol. The van der Waals surface area contributed by atoms with Crippen molar-refractivity contribution >= 4 is 29.2 Å². The first kappa shape index (κ1) is 11.9. The number of alkyl halides is 1. The number of hydrogen-bond acceptors (Lipinski definition) is 3.